The number of amides is 12. The number of thioether (sulfide) groups is 2. The van der Waals surface area contributed by atoms with Crippen LogP contribution in [-0.2, 0) is 62.3 Å². The van der Waals surface area contributed by atoms with Crippen molar-refractivity contribution in [3.63, 3.8) is 0 Å². The Labute approximate surface area is 592 Å². The van der Waals surface area contributed by atoms with E-state index in [-0.39, 0.29) is 114 Å². The number of nitrogens with one attached hydrogen (secondary N) is 18. The second-order valence-corrected chi connectivity index (χ2v) is 27.4. The zero-order valence-electron chi connectivity index (χ0n) is 58.7. The number of carbonyl (C=O) groups is 13. The van der Waals surface area contributed by atoms with Crippen LogP contribution in [0.4, 0.5) is 0 Å². The molecule has 39 heteroatoms. The van der Waals surface area contributed by atoms with Crippen molar-refractivity contribution >= 4 is 118 Å². The number of rotatable bonds is 46. The third kappa shape index (κ3) is 31.8. The number of hydrogen-bond acceptors (Lipinski definition) is 20. The van der Waals surface area contributed by atoms with Gasteiger partial charge >= 0.3 is 5.97 Å². The Morgan fingerprint density at radius 3 is 1.33 bits per heavy atom. The van der Waals surface area contributed by atoms with E-state index < -0.39 is 168 Å². The second kappa shape index (κ2) is 46.1. The van der Waals surface area contributed by atoms with Crippen LogP contribution in [0.25, 0.3) is 0 Å². The first-order valence-corrected chi connectivity index (χ1v) is 36.4. The molecule has 2 aliphatic rings. The Morgan fingerprint density at radius 2 is 0.900 bits per heavy atom. The van der Waals surface area contributed by atoms with Gasteiger partial charge in [-0.3, -0.25) is 73.8 Å². The highest BCUT2D eigenvalue weighted by Crippen LogP contribution is 2.22. The van der Waals surface area contributed by atoms with Crippen LogP contribution in [0.5, 0.6) is 0 Å². The van der Waals surface area contributed by atoms with E-state index in [0.29, 0.717) is 30.9 Å². The van der Waals surface area contributed by atoms with E-state index in [4.69, 9.17) is 33.4 Å². The molecule has 0 saturated carbocycles. The monoisotopic (exact) mass is 1450 g/mol. The van der Waals surface area contributed by atoms with Crippen LogP contribution in [-0.4, -0.2) is 252 Å². The van der Waals surface area contributed by atoms with Gasteiger partial charge in [0.25, 0.3) is 0 Å². The van der Waals surface area contributed by atoms with Crippen LogP contribution >= 0.6 is 23.5 Å². The van der Waals surface area contributed by atoms with Crippen LogP contribution in [0.3, 0.4) is 0 Å². The van der Waals surface area contributed by atoms with Gasteiger partial charge in [0.1, 0.15) is 66.5 Å². The summed E-state index contributed by atoms with van der Waals surface area (Å²) in [4.78, 5) is 179. The van der Waals surface area contributed by atoms with Crippen LogP contribution < -0.4 is 97.0 Å². The topological polar surface area (TPSA) is 596 Å². The number of nitrogens with two attached hydrogens (primary N) is 3. The molecule has 566 valence electrons. The zero-order valence-corrected chi connectivity index (χ0v) is 60.3. The molecule has 0 aromatic carbocycles. The number of aliphatic carboxylic acids is 1. The summed E-state index contributed by atoms with van der Waals surface area (Å²) in [5.41, 5.74) is 16.3. The number of hydrogen-bond donors (Lipinski definition) is 23. The van der Waals surface area contributed by atoms with Gasteiger partial charge in [-0.25, -0.2) is 4.79 Å². The van der Waals surface area contributed by atoms with Crippen molar-refractivity contribution in [3.05, 3.63) is 0 Å². The minimum atomic E-state index is -1.62. The normalized spacial score (nSPS) is 17.1. The van der Waals surface area contributed by atoms with Gasteiger partial charge in [0, 0.05) is 26.2 Å². The maximum Gasteiger partial charge on any atom is 0.326 e. The summed E-state index contributed by atoms with van der Waals surface area (Å²) < 4.78 is 0. The molecule has 0 unspecified atom stereocenters. The van der Waals surface area contributed by atoms with E-state index in [1.54, 1.807) is 54.1 Å². The minimum Gasteiger partial charge on any atom is -0.480 e. The Balaban J connectivity index is 2.31. The quantitative estimate of drug-likeness (QED) is 0.0153. The van der Waals surface area contributed by atoms with Crippen LogP contribution in [0.15, 0.2) is 0 Å². The zero-order chi connectivity index (χ0) is 75.3. The molecule has 26 N–H and O–H groups in total. The van der Waals surface area contributed by atoms with E-state index in [2.05, 4.69) is 79.8 Å². The predicted molar refractivity (Wildman–Crippen MR) is 376 cm³/mol. The number of aliphatic hydroxyl groups excluding tert-OH is 1. The summed E-state index contributed by atoms with van der Waals surface area (Å²) in [5, 5.41) is 81.8. The summed E-state index contributed by atoms with van der Waals surface area (Å²) in [6, 6.07) is -14.8. The van der Waals surface area contributed by atoms with Gasteiger partial charge in [-0.05, 0) is 132 Å². The molecule has 37 nitrogen and oxygen atoms in total. The minimum absolute atomic E-state index is 0.00100. The first-order valence-electron chi connectivity index (χ1n) is 33.6. The Morgan fingerprint density at radius 1 is 0.480 bits per heavy atom. The average molecular weight is 1460 g/mol. The van der Waals surface area contributed by atoms with Gasteiger partial charge in [-0.2, -0.15) is 23.5 Å². The highest BCUT2D eigenvalue weighted by atomic mass is 32.2. The van der Waals surface area contributed by atoms with Crippen molar-refractivity contribution in [2.45, 2.75) is 198 Å². The summed E-state index contributed by atoms with van der Waals surface area (Å²) in [5.74, 6) is -12.5. The molecule has 2 heterocycles. The van der Waals surface area contributed by atoms with E-state index in [1.165, 1.54) is 35.3 Å². The first-order chi connectivity index (χ1) is 47.2. The molecule has 0 bridgehead atoms. The molecule has 2 rings (SSSR count). The van der Waals surface area contributed by atoms with E-state index in [9.17, 15) is 72.5 Å². The fraction of sp³-hybridized carbons (Fsp3) is 0.738. The van der Waals surface area contributed by atoms with Crippen LogP contribution in [0.2, 0.25) is 0 Å². The lowest BCUT2D eigenvalue weighted by atomic mass is 9.99. The van der Waals surface area contributed by atoms with Gasteiger partial charge in [0.05, 0.1) is 19.2 Å². The Kier molecular flexibility index (Phi) is 40.4. The lowest BCUT2D eigenvalue weighted by Gasteiger charge is -2.32. The largest absolute Gasteiger partial charge is 0.480 e. The first kappa shape index (κ1) is 87.6. The highest BCUT2D eigenvalue weighted by Gasteiger charge is 2.42. The molecular formula is C61H110N22O15S2. The molecule has 2 saturated heterocycles. The number of carbonyl (C=O) groups excluding carboxylic acids is 12. The van der Waals surface area contributed by atoms with Crippen molar-refractivity contribution in [3.8, 4) is 0 Å². The third-order valence-corrected chi connectivity index (χ3v) is 17.6. The van der Waals surface area contributed by atoms with E-state index in [1.807, 2.05) is 0 Å². The molecule has 0 radical (unpaired) electrons. The van der Waals surface area contributed by atoms with Crippen LogP contribution in [0, 0.1) is 34.0 Å². The fourth-order valence-corrected chi connectivity index (χ4v) is 11.5. The fourth-order valence-electron chi connectivity index (χ4n) is 10.6. The number of aliphatic hydroxyl groups is 1. The number of carboxylic acid groups (broad SMARTS) is 1. The second-order valence-electron chi connectivity index (χ2n) is 25.4. The summed E-state index contributed by atoms with van der Waals surface area (Å²) >= 11 is 2.71. The maximum atomic E-state index is 14.5. The molecule has 2 fully saturated rings. The van der Waals surface area contributed by atoms with Crippen molar-refractivity contribution in [2.24, 2.45) is 35.0 Å². The SMILES string of the molecule is CSCC[C@H](NC(=O)[C@H](CCCNC(=N)N)NC(=O)[C@H](CCCNC(=N)N)NC(=O)[C@H](C)NC(=O)CNC(=O)[C@H](CO)NC(=O)[C@@H](NC(=O)[C@@H](NC(=O)[C@@H]1CCCN1)C(C)C)C(C)C)C(=O)N[C@@H](CCSC)C(=O)N[C@H](C(=O)N1CCC[C@H]1C(=O)N[C@@H](CCCNC(=N)N)C(=O)O)C(C)C. The van der Waals surface area contributed by atoms with Crippen molar-refractivity contribution in [1.29, 1.82) is 16.2 Å². The number of carboxylic acids is 1. The molecule has 100 heavy (non-hydrogen) atoms. The van der Waals surface area contributed by atoms with Crippen molar-refractivity contribution in [2.75, 3.05) is 69.9 Å². The standard InChI is InChI=1S/C61H110N22O15S2/c1-31(2)44(81-56(95)45(32(3)4)80-49(88)35-15-10-22-68-35)55(94)79-41(30-84)48(87)72-29-43(85)73-34(7)47(86)74-36(16-11-23-69-59(62)63)50(89)75-37(17-12-24-70-60(64)65)51(90)76-38(20-27-99-8)52(91)77-39(21-28-100-9)53(92)82-46(33(5)6)57(96)83-26-14-19-42(83)54(93)78-40(58(97)98)18-13-25-71-61(66)67/h31-42,44-46,68,84H,10-30H2,1-9H3,(H,72,87)(H,73,85)(H,74,86)(H,75,89)(H,76,90)(H,77,91)(H,78,93)(H,79,94)(H,80,88)(H,81,95)(H,82,92)(H,97,98)(H4,62,63,69)(H4,64,65,70)(H4,66,67,71)/t34-,35-,36-,37-,38-,39-,40-,41-,42-,44-,45-,46-/m0/s1. The number of nitrogens with zero attached hydrogens (tertiary/aromatic N) is 1. The van der Waals surface area contributed by atoms with Crippen molar-refractivity contribution in [1.82, 2.24) is 84.7 Å². The lowest BCUT2D eigenvalue weighted by Crippen LogP contribution is -2.61. The van der Waals surface area contributed by atoms with Crippen molar-refractivity contribution < 1.29 is 72.5 Å². The molecule has 12 atom stereocenters. The lowest BCUT2D eigenvalue weighted by molar-refractivity contribution is -0.145. The molecule has 0 spiro atoms. The van der Waals surface area contributed by atoms with E-state index >= 15 is 0 Å². The molecule has 12 amide bonds. The van der Waals surface area contributed by atoms with Gasteiger partial charge in [-0.1, -0.05) is 41.5 Å². The maximum absolute atomic E-state index is 14.5. The van der Waals surface area contributed by atoms with Crippen LogP contribution in [0.1, 0.15) is 126 Å². The highest BCUT2D eigenvalue weighted by molar-refractivity contribution is 7.98. The predicted octanol–water partition coefficient (Wildman–Crippen LogP) is -5.95. The Bertz CT molecular complexity index is 2800. The number of likely N-dealkylation sites (tertiary alicyclic amines) is 1. The van der Waals surface area contributed by atoms with Gasteiger partial charge in [0.15, 0.2) is 17.9 Å². The summed E-state index contributed by atoms with van der Waals surface area (Å²) in [7, 11) is 0. The van der Waals surface area contributed by atoms with Gasteiger partial charge < -0.3 is 112 Å². The molecule has 2 aliphatic heterocycles. The Hall–Kier alpha value is -8.46. The smallest absolute Gasteiger partial charge is 0.326 e. The average Bonchev–Trinajstić information content (AvgIpc) is 1.60. The molecule has 0 aromatic heterocycles. The van der Waals surface area contributed by atoms with Gasteiger partial charge in [-0.15, -0.1) is 0 Å². The molecule has 0 aliphatic carbocycles. The molecular weight excluding hydrogens is 1340 g/mol. The van der Waals surface area contributed by atoms with E-state index in [0.717, 1.165) is 6.42 Å². The molecule has 0 aromatic rings. The number of guanidine groups is 3. The summed E-state index contributed by atoms with van der Waals surface area (Å²) in [6.45, 7) is 10.7. The van der Waals surface area contributed by atoms with Gasteiger partial charge in [0.2, 0.25) is 70.9 Å². The summed E-state index contributed by atoms with van der Waals surface area (Å²) in [6.07, 6.45) is 5.81. The third-order valence-electron chi connectivity index (χ3n) is 16.3.